The highest BCUT2D eigenvalue weighted by Gasteiger charge is 2.03. The molecule has 0 atom stereocenters. The lowest BCUT2D eigenvalue weighted by Crippen LogP contribution is -1.85. The number of nitrogens with two attached hydrogens (primary N) is 1. The van der Waals surface area contributed by atoms with Gasteiger partial charge in [0.05, 0.1) is 11.2 Å². The topological polar surface area (TPSA) is 41.8 Å². The van der Waals surface area contributed by atoms with Crippen molar-refractivity contribution in [3.63, 3.8) is 0 Å². The van der Waals surface area contributed by atoms with Crippen LogP contribution in [0.25, 0.3) is 10.9 Å². The standard InChI is InChI=1S/C9H9FN2/c10-4-6-5-12-9-7(6)2-1-3-8(9)11/h1-3,5,12H,4,11H2. The summed E-state index contributed by atoms with van der Waals surface area (Å²) >= 11 is 0. The van der Waals surface area contributed by atoms with E-state index in [1.54, 1.807) is 12.3 Å². The molecule has 12 heavy (non-hydrogen) atoms. The summed E-state index contributed by atoms with van der Waals surface area (Å²) in [7, 11) is 0. The molecule has 0 aliphatic carbocycles. The molecule has 62 valence electrons. The summed E-state index contributed by atoms with van der Waals surface area (Å²) in [6.07, 6.45) is 1.65. The first-order valence-electron chi connectivity index (χ1n) is 3.73. The zero-order valence-electron chi connectivity index (χ0n) is 6.47. The number of halogens is 1. The molecule has 0 aliphatic rings. The van der Waals surface area contributed by atoms with Gasteiger partial charge in [-0.1, -0.05) is 12.1 Å². The van der Waals surface area contributed by atoms with Gasteiger partial charge in [-0.3, -0.25) is 0 Å². The number of nitrogen functional groups attached to an aromatic ring is 1. The maximum atomic E-state index is 12.4. The van der Waals surface area contributed by atoms with Crippen LogP contribution in [-0.2, 0) is 6.67 Å². The third kappa shape index (κ3) is 0.863. The Kier molecular flexibility index (Phi) is 1.50. The first kappa shape index (κ1) is 7.16. The van der Waals surface area contributed by atoms with Crippen molar-refractivity contribution in [3.05, 3.63) is 30.0 Å². The van der Waals surface area contributed by atoms with E-state index >= 15 is 0 Å². The Hall–Kier alpha value is -1.51. The number of aromatic amines is 1. The molecular formula is C9H9FN2. The number of alkyl halides is 1. The van der Waals surface area contributed by atoms with Crippen molar-refractivity contribution in [2.75, 3.05) is 5.73 Å². The molecular weight excluding hydrogens is 155 g/mol. The summed E-state index contributed by atoms with van der Waals surface area (Å²) in [4.78, 5) is 2.94. The third-order valence-electron chi connectivity index (χ3n) is 1.98. The van der Waals surface area contributed by atoms with Crippen LogP contribution in [0.15, 0.2) is 24.4 Å². The van der Waals surface area contributed by atoms with E-state index in [2.05, 4.69) is 4.98 Å². The quantitative estimate of drug-likeness (QED) is 0.623. The number of para-hydroxylation sites is 1. The fraction of sp³-hybridized carbons (Fsp3) is 0.111. The highest BCUT2D eigenvalue weighted by Crippen LogP contribution is 2.23. The second-order valence-corrected chi connectivity index (χ2v) is 2.72. The number of nitrogens with one attached hydrogen (secondary N) is 1. The van der Waals surface area contributed by atoms with Crippen LogP contribution in [0.3, 0.4) is 0 Å². The van der Waals surface area contributed by atoms with Gasteiger partial charge in [-0.25, -0.2) is 4.39 Å². The van der Waals surface area contributed by atoms with Gasteiger partial charge in [0.1, 0.15) is 6.67 Å². The van der Waals surface area contributed by atoms with Gasteiger partial charge in [-0.05, 0) is 6.07 Å². The number of fused-ring (bicyclic) bond motifs is 1. The highest BCUT2D eigenvalue weighted by atomic mass is 19.1. The zero-order valence-corrected chi connectivity index (χ0v) is 6.47. The van der Waals surface area contributed by atoms with Crippen molar-refractivity contribution < 1.29 is 4.39 Å². The van der Waals surface area contributed by atoms with Crippen LogP contribution in [0.4, 0.5) is 10.1 Å². The largest absolute Gasteiger partial charge is 0.397 e. The Balaban J connectivity index is 2.80. The molecule has 0 unspecified atom stereocenters. The molecule has 0 aliphatic heterocycles. The Morgan fingerprint density at radius 1 is 1.42 bits per heavy atom. The van der Waals surface area contributed by atoms with Gasteiger partial charge in [0.25, 0.3) is 0 Å². The van der Waals surface area contributed by atoms with Crippen molar-refractivity contribution in [2.45, 2.75) is 6.67 Å². The molecule has 3 N–H and O–H groups in total. The number of aromatic nitrogens is 1. The molecule has 1 heterocycles. The molecule has 1 aromatic heterocycles. The predicted molar refractivity (Wildman–Crippen MR) is 47.5 cm³/mol. The molecule has 2 nitrogen and oxygen atoms in total. The number of H-pyrrole nitrogens is 1. The minimum Gasteiger partial charge on any atom is -0.397 e. The average Bonchev–Trinajstić information content (AvgIpc) is 2.49. The fourth-order valence-electron chi connectivity index (χ4n) is 1.35. The molecule has 0 fully saturated rings. The van der Waals surface area contributed by atoms with E-state index in [9.17, 15) is 4.39 Å². The van der Waals surface area contributed by atoms with Crippen LogP contribution in [0, 0.1) is 0 Å². The second-order valence-electron chi connectivity index (χ2n) is 2.72. The van der Waals surface area contributed by atoms with Crippen LogP contribution in [0.5, 0.6) is 0 Å². The molecule has 0 spiro atoms. The Bertz CT molecular complexity index is 406. The zero-order chi connectivity index (χ0) is 8.55. The van der Waals surface area contributed by atoms with Gasteiger partial charge < -0.3 is 10.7 Å². The maximum Gasteiger partial charge on any atom is 0.117 e. The first-order valence-corrected chi connectivity index (χ1v) is 3.73. The van der Waals surface area contributed by atoms with Crippen molar-refractivity contribution in [1.29, 1.82) is 0 Å². The maximum absolute atomic E-state index is 12.4. The average molecular weight is 164 g/mol. The highest BCUT2D eigenvalue weighted by molar-refractivity contribution is 5.92. The van der Waals surface area contributed by atoms with Crippen LogP contribution in [0.2, 0.25) is 0 Å². The van der Waals surface area contributed by atoms with E-state index in [1.165, 1.54) is 0 Å². The van der Waals surface area contributed by atoms with Gasteiger partial charge in [0.2, 0.25) is 0 Å². The van der Waals surface area contributed by atoms with Crippen LogP contribution < -0.4 is 5.73 Å². The van der Waals surface area contributed by atoms with Crippen molar-refractivity contribution >= 4 is 16.6 Å². The number of hydrogen-bond acceptors (Lipinski definition) is 1. The summed E-state index contributed by atoms with van der Waals surface area (Å²) < 4.78 is 12.4. The molecule has 2 aromatic rings. The first-order chi connectivity index (χ1) is 5.83. The SMILES string of the molecule is Nc1cccc2c(CF)c[nH]c12. The molecule has 0 radical (unpaired) electrons. The predicted octanol–water partition coefficient (Wildman–Crippen LogP) is 2.22. The Morgan fingerprint density at radius 2 is 2.25 bits per heavy atom. The lowest BCUT2D eigenvalue weighted by atomic mass is 10.2. The minimum absolute atomic E-state index is 0.455. The van der Waals surface area contributed by atoms with Gasteiger partial charge in [-0.2, -0.15) is 0 Å². The van der Waals surface area contributed by atoms with Crippen molar-refractivity contribution in [2.24, 2.45) is 0 Å². The Labute approximate surface area is 69.2 Å². The van der Waals surface area contributed by atoms with Gasteiger partial charge in [-0.15, -0.1) is 0 Å². The molecule has 0 bridgehead atoms. The normalized spacial score (nSPS) is 10.8. The second kappa shape index (κ2) is 2.52. The molecule has 3 heteroatoms. The number of hydrogen-bond donors (Lipinski definition) is 2. The van der Waals surface area contributed by atoms with Gasteiger partial charge in [0, 0.05) is 17.1 Å². The van der Waals surface area contributed by atoms with Crippen molar-refractivity contribution in [3.8, 4) is 0 Å². The monoisotopic (exact) mass is 164 g/mol. The van der Waals surface area contributed by atoms with E-state index in [0.29, 0.717) is 11.3 Å². The lowest BCUT2D eigenvalue weighted by molar-refractivity contribution is 0.488. The summed E-state index contributed by atoms with van der Waals surface area (Å²) in [6, 6.07) is 5.47. The molecule has 2 rings (SSSR count). The van der Waals surface area contributed by atoms with Gasteiger partial charge >= 0.3 is 0 Å². The molecule has 0 amide bonds. The van der Waals surface area contributed by atoms with E-state index in [0.717, 1.165) is 10.9 Å². The van der Waals surface area contributed by atoms with Crippen LogP contribution in [-0.4, -0.2) is 4.98 Å². The number of anilines is 1. The Morgan fingerprint density at radius 3 is 3.00 bits per heavy atom. The van der Waals surface area contributed by atoms with E-state index in [-0.39, 0.29) is 0 Å². The van der Waals surface area contributed by atoms with E-state index < -0.39 is 6.67 Å². The summed E-state index contributed by atoms with van der Waals surface area (Å²) in [6.45, 7) is -0.455. The smallest absolute Gasteiger partial charge is 0.117 e. The lowest BCUT2D eigenvalue weighted by Gasteiger charge is -1.95. The minimum atomic E-state index is -0.455. The number of rotatable bonds is 1. The van der Waals surface area contributed by atoms with E-state index in [4.69, 9.17) is 5.73 Å². The van der Waals surface area contributed by atoms with Crippen LogP contribution in [0.1, 0.15) is 5.56 Å². The third-order valence-corrected chi connectivity index (χ3v) is 1.98. The fourth-order valence-corrected chi connectivity index (χ4v) is 1.35. The van der Waals surface area contributed by atoms with Gasteiger partial charge in [0.15, 0.2) is 0 Å². The molecule has 1 aromatic carbocycles. The van der Waals surface area contributed by atoms with E-state index in [1.807, 2.05) is 12.1 Å². The molecule has 0 saturated heterocycles. The summed E-state index contributed by atoms with van der Waals surface area (Å²) in [5.41, 5.74) is 7.82. The molecule has 0 saturated carbocycles. The number of benzene rings is 1. The van der Waals surface area contributed by atoms with Crippen molar-refractivity contribution in [1.82, 2.24) is 4.98 Å². The summed E-state index contributed by atoms with van der Waals surface area (Å²) in [5.74, 6) is 0. The van der Waals surface area contributed by atoms with Crippen LogP contribution >= 0.6 is 0 Å². The summed E-state index contributed by atoms with van der Waals surface area (Å²) in [5, 5.41) is 0.873.